The monoisotopic (exact) mass is 346 g/mol. The Hall–Kier alpha value is -1.86. The number of aromatic amines is 1. The number of hydrogen-bond donors (Lipinski definition) is 2. The fourth-order valence-electron chi connectivity index (χ4n) is 2.56. The number of amides is 1. The van der Waals surface area contributed by atoms with Crippen molar-refractivity contribution >= 4 is 23.6 Å². The molecule has 1 aromatic heterocycles. The molecule has 1 amide bonds. The molecule has 0 bridgehead atoms. The highest BCUT2D eigenvalue weighted by Crippen LogP contribution is 2.34. The minimum absolute atomic E-state index is 0.0856. The average molecular weight is 346 g/mol. The van der Waals surface area contributed by atoms with Crippen LogP contribution in [0.4, 0.5) is 5.95 Å². The number of rotatable bonds is 5. The molecule has 7 heteroatoms. The topological polar surface area (TPSA) is 79.9 Å². The number of anilines is 1. The summed E-state index contributed by atoms with van der Waals surface area (Å²) in [7, 11) is 0. The number of thioether (sulfide) groups is 1. The molecule has 0 radical (unpaired) electrons. The van der Waals surface area contributed by atoms with Gasteiger partial charge in [-0.05, 0) is 26.7 Å². The Kier molecular flexibility index (Phi) is 5.20. The molecule has 128 valence electrons. The van der Waals surface area contributed by atoms with E-state index in [1.807, 2.05) is 44.2 Å². The van der Waals surface area contributed by atoms with Crippen molar-refractivity contribution in [2.24, 2.45) is 0 Å². The zero-order valence-electron chi connectivity index (χ0n) is 13.9. The first-order valence-electron chi connectivity index (χ1n) is 8.09. The van der Waals surface area contributed by atoms with Gasteiger partial charge < -0.3 is 4.74 Å². The van der Waals surface area contributed by atoms with Gasteiger partial charge in [0.25, 0.3) is 0 Å². The van der Waals surface area contributed by atoms with Crippen LogP contribution in [0.15, 0.2) is 30.3 Å². The maximum absolute atomic E-state index is 12.6. The van der Waals surface area contributed by atoms with Gasteiger partial charge in [0.05, 0.1) is 4.75 Å². The summed E-state index contributed by atoms with van der Waals surface area (Å²) < 4.78 is 4.83. The normalized spacial score (nSPS) is 16.1. The van der Waals surface area contributed by atoms with Crippen molar-refractivity contribution in [3.05, 3.63) is 30.3 Å². The van der Waals surface area contributed by atoms with Gasteiger partial charge in [0.15, 0.2) is 5.82 Å². The summed E-state index contributed by atoms with van der Waals surface area (Å²) in [6, 6.07) is 9.69. The van der Waals surface area contributed by atoms with Crippen LogP contribution < -0.4 is 5.32 Å². The summed E-state index contributed by atoms with van der Waals surface area (Å²) in [5.74, 6) is 0.859. The Morgan fingerprint density at radius 3 is 2.71 bits per heavy atom. The van der Waals surface area contributed by atoms with Crippen LogP contribution in [0.5, 0.6) is 0 Å². The number of nitrogens with zero attached hydrogens (tertiary/aromatic N) is 2. The van der Waals surface area contributed by atoms with Gasteiger partial charge in [-0.2, -0.15) is 4.98 Å². The van der Waals surface area contributed by atoms with Crippen molar-refractivity contribution in [2.75, 3.05) is 18.5 Å². The number of hydrogen-bond acceptors (Lipinski definition) is 5. The fraction of sp³-hybridized carbons (Fsp3) is 0.471. The van der Waals surface area contributed by atoms with Gasteiger partial charge in [-0.25, -0.2) is 0 Å². The summed E-state index contributed by atoms with van der Waals surface area (Å²) in [6.07, 6.45) is 1.97. The fourth-order valence-corrected chi connectivity index (χ4v) is 3.98. The average Bonchev–Trinajstić information content (AvgIpc) is 3.05. The van der Waals surface area contributed by atoms with Crippen molar-refractivity contribution in [3.8, 4) is 11.4 Å². The van der Waals surface area contributed by atoms with Gasteiger partial charge in [-0.3, -0.25) is 15.2 Å². The van der Waals surface area contributed by atoms with Crippen molar-refractivity contribution in [2.45, 2.75) is 36.7 Å². The molecule has 3 rings (SSSR count). The summed E-state index contributed by atoms with van der Waals surface area (Å²) >= 11 is 1.70. The van der Waals surface area contributed by atoms with E-state index in [0.29, 0.717) is 17.0 Å². The number of benzene rings is 1. The zero-order valence-corrected chi connectivity index (χ0v) is 14.7. The van der Waals surface area contributed by atoms with E-state index in [1.54, 1.807) is 11.8 Å². The van der Waals surface area contributed by atoms with E-state index in [4.69, 9.17) is 4.74 Å². The predicted octanol–water partition coefficient (Wildman–Crippen LogP) is 3.10. The Balaban J connectivity index is 1.62. The van der Waals surface area contributed by atoms with Crippen LogP contribution in [-0.2, 0) is 9.53 Å². The lowest BCUT2D eigenvalue weighted by atomic mass is 10.2. The van der Waals surface area contributed by atoms with Crippen LogP contribution >= 0.6 is 11.8 Å². The first-order valence-corrected chi connectivity index (χ1v) is 8.97. The predicted molar refractivity (Wildman–Crippen MR) is 96.0 cm³/mol. The highest BCUT2D eigenvalue weighted by atomic mass is 32.2. The number of nitrogens with one attached hydrogen (secondary N) is 2. The zero-order chi connectivity index (χ0) is 17.0. The molecule has 0 atom stereocenters. The highest BCUT2D eigenvalue weighted by molar-refractivity contribution is 8.02. The maximum atomic E-state index is 12.6. The van der Waals surface area contributed by atoms with Gasteiger partial charge in [-0.15, -0.1) is 16.9 Å². The molecule has 1 saturated heterocycles. The van der Waals surface area contributed by atoms with E-state index in [2.05, 4.69) is 20.5 Å². The quantitative estimate of drug-likeness (QED) is 0.869. The number of aromatic nitrogens is 3. The van der Waals surface area contributed by atoms with Gasteiger partial charge in [0, 0.05) is 24.0 Å². The summed E-state index contributed by atoms with van der Waals surface area (Å²) in [6.45, 7) is 5.42. The number of carbonyl (C=O) groups excluding carboxylic acids is 1. The second-order valence-corrected chi connectivity index (χ2v) is 8.19. The van der Waals surface area contributed by atoms with Gasteiger partial charge in [0.2, 0.25) is 11.9 Å². The third-order valence-electron chi connectivity index (χ3n) is 3.93. The molecule has 2 N–H and O–H groups in total. The van der Waals surface area contributed by atoms with Gasteiger partial charge in [-0.1, -0.05) is 30.3 Å². The molecule has 2 heterocycles. The summed E-state index contributed by atoms with van der Waals surface area (Å²) in [5.41, 5.74) is 0.932. The van der Waals surface area contributed by atoms with Crippen LogP contribution in [0.3, 0.4) is 0 Å². The van der Waals surface area contributed by atoms with Crippen LogP contribution in [0, 0.1) is 0 Å². The third-order valence-corrected chi connectivity index (χ3v) is 5.51. The molecular formula is C17H22N4O2S. The molecular weight excluding hydrogens is 324 g/mol. The molecule has 1 aliphatic heterocycles. The van der Waals surface area contributed by atoms with E-state index in [1.165, 1.54) is 0 Å². The Morgan fingerprint density at radius 1 is 1.29 bits per heavy atom. The Labute approximate surface area is 145 Å². The molecule has 0 aliphatic carbocycles. The Bertz CT molecular complexity index is 681. The molecule has 1 aliphatic rings. The van der Waals surface area contributed by atoms with Crippen LogP contribution in [0.2, 0.25) is 0 Å². The summed E-state index contributed by atoms with van der Waals surface area (Å²) in [4.78, 5) is 16.9. The molecule has 6 nitrogen and oxygen atoms in total. The smallest absolute Gasteiger partial charge is 0.249 e. The molecule has 1 aromatic carbocycles. The first kappa shape index (κ1) is 17.0. The van der Waals surface area contributed by atoms with Gasteiger partial charge >= 0.3 is 0 Å². The minimum Gasteiger partial charge on any atom is -0.381 e. The van der Waals surface area contributed by atoms with Crippen molar-refractivity contribution < 1.29 is 9.53 Å². The molecule has 1 fully saturated rings. The highest BCUT2D eigenvalue weighted by Gasteiger charge is 2.33. The number of ether oxygens (including phenoxy) is 1. The first-order chi connectivity index (χ1) is 11.5. The lowest BCUT2D eigenvalue weighted by molar-refractivity contribution is -0.117. The van der Waals surface area contributed by atoms with Crippen molar-refractivity contribution in [1.29, 1.82) is 0 Å². The van der Waals surface area contributed by atoms with E-state index in [0.717, 1.165) is 31.6 Å². The molecule has 0 unspecified atom stereocenters. The van der Waals surface area contributed by atoms with E-state index in [9.17, 15) is 4.79 Å². The molecule has 0 spiro atoms. The van der Waals surface area contributed by atoms with E-state index in [-0.39, 0.29) is 5.91 Å². The minimum atomic E-state index is -0.546. The molecule has 0 saturated carbocycles. The van der Waals surface area contributed by atoms with Crippen LogP contribution in [-0.4, -0.2) is 44.3 Å². The van der Waals surface area contributed by atoms with Crippen molar-refractivity contribution in [3.63, 3.8) is 0 Å². The number of carbonyl (C=O) groups is 1. The lowest BCUT2D eigenvalue weighted by Gasteiger charge is -2.30. The second-order valence-electron chi connectivity index (χ2n) is 6.27. The van der Waals surface area contributed by atoms with Crippen LogP contribution in [0.1, 0.15) is 26.7 Å². The molecule has 24 heavy (non-hydrogen) atoms. The van der Waals surface area contributed by atoms with Crippen LogP contribution in [0.25, 0.3) is 11.4 Å². The molecule has 2 aromatic rings. The third kappa shape index (κ3) is 4.15. The number of H-pyrrole nitrogens is 1. The van der Waals surface area contributed by atoms with Gasteiger partial charge in [0.1, 0.15) is 0 Å². The van der Waals surface area contributed by atoms with Crippen molar-refractivity contribution in [1.82, 2.24) is 15.2 Å². The largest absolute Gasteiger partial charge is 0.381 e. The summed E-state index contributed by atoms with van der Waals surface area (Å²) in [5, 5.41) is 10.2. The van der Waals surface area contributed by atoms with E-state index >= 15 is 0 Å². The SMILES string of the molecule is CC(C)(SC1CCOCC1)C(=O)Nc1n[nH]c(-c2ccccc2)n1. The maximum Gasteiger partial charge on any atom is 0.249 e. The Morgan fingerprint density at radius 2 is 2.00 bits per heavy atom. The second kappa shape index (κ2) is 7.36. The lowest BCUT2D eigenvalue weighted by Crippen LogP contribution is -2.37. The standard InChI is InChI=1S/C17H22N4O2S/c1-17(2,24-13-8-10-23-11-9-13)15(22)19-16-18-14(20-21-16)12-6-4-3-5-7-12/h3-7,13H,8-11H2,1-2H3,(H2,18,19,20,21,22). The van der Waals surface area contributed by atoms with E-state index < -0.39 is 4.75 Å².